The number of nitro groups is 1. The molecule has 1 amide bonds. The first-order valence-corrected chi connectivity index (χ1v) is 8.01. The minimum absolute atomic E-state index is 0.0362. The minimum Gasteiger partial charge on any atom is -0.353 e. The molecule has 0 N–H and O–H groups in total. The maximum atomic E-state index is 12.3. The van der Waals surface area contributed by atoms with E-state index in [1.165, 1.54) is 18.2 Å². The second-order valence-corrected chi connectivity index (χ2v) is 5.68. The van der Waals surface area contributed by atoms with Crippen LogP contribution in [0.5, 0.6) is 0 Å². The van der Waals surface area contributed by atoms with Gasteiger partial charge in [-0.25, -0.2) is 4.98 Å². The van der Waals surface area contributed by atoms with Crippen molar-refractivity contribution in [3.05, 3.63) is 70.4 Å². The second-order valence-electron chi connectivity index (χ2n) is 5.68. The summed E-state index contributed by atoms with van der Waals surface area (Å²) in [7, 11) is 0. The van der Waals surface area contributed by atoms with Crippen LogP contribution in [0.3, 0.4) is 0 Å². The largest absolute Gasteiger partial charge is 0.353 e. The molecule has 2 aromatic rings. The summed E-state index contributed by atoms with van der Waals surface area (Å²) < 4.78 is 0. The maximum absolute atomic E-state index is 12.3. The van der Waals surface area contributed by atoms with Crippen molar-refractivity contribution in [3.63, 3.8) is 0 Å². The summed E-state index contributed by atoms with van der Waals surface area (Å²) in [4.78, 5) is 30.8. The normalized spacial score (nSPS) is 14.7. The highest BCUT2D eigenvalue weighted by molar-refractivity contribution is 5.92. The van der Waals surface area contributed by atoms with E-state index in [1.54, 1.807) is 29.3 Å². The Morgan fingerprint density at radius 2 is 1.80 bits per heavy atom. The highest BCUT2D eigenvalue weighted by Gasteiger charge is 2.20. The summed E-state index contributed by atoms with van der Waals surface area (Å²) in [5.74, 6) is 0.870. The number of amides is 1. The standard InChI is InChI=1S/C18H18N4O3/c23-18(9-6-15-4-7-16(8-5-15)22(24)25)21-13-11-20(12-14-21)17-3-1-2-10-19-17/h1-10H,11-14H2. The van der Waals surface area contributed by atoms with Gasteiger partial charge in [0.2, 0.25) is 5.91 Å². The summed E-state index contributed by atoms with van der Waals surface area (Å²) in [5.41, 5.74) is 0.792. The van der Waals surface area contributed by atoms with E-state index in [2.05, 4.69) is 9.88 Å². The quantitative estimate of drug-likeness (QED) is 0.486. The number of rotatable bonds is 4. The van der Waals surface area contributed by atoms with Crippen LogP contribution in [0.1, 0.15) is 5.56 Å². The molecule has 1 fully saturated rings. The van der Waals surface area contributed by atoms with Crippen LogP contribution in [-0.4, -0.2) is 46.9 Å². The zero-order valence-corrected chi connectivity index (χ0v) is 13.6. The number of carbonyl (C=O) groups excluding carboxylic acids is 1. The van der Waals surface area contributed by atoms with Crippen molar-refractivity contribution in [2.24, 2.45) is 0 Å². The predicted octanol–water partition coefficient (Wildman–Crippen LogP) is 2.35. The Balaban J connectivity index is 1.55. The molecule has 1 aromatic heterocycles. The van der Waals surface area contributed by atoms with E-state index in [-0.39, 0.29) is 11.6 Å². The lowest BCUT2D eigenvalue weighted by Gasteiger charge is -2.34. The second kappa shape index (κ2) is 7.57. The van der Waals surface area contributed by atoms with Crippen LogP contribution in [0.2, 0.25) is 0 Å². The number of hydrogen-bond acceptors (Lipinski definition) is 5. The van der Waals surface area contributed by atoms with Crippen molar-refractivity contribution in [3.8, 4) is 0 Å². The van der Waals surface area contributed by atoms with Gasteiger partial charge in [-0.3, -0.25) is 14.9 Å². The van der Waals surface area contributed by atoms with E-state index in [0.29, 0.717) is 13.1 Å². The van der Waals surface area contributed by atoms with Crippen LogP contribution < -0.4 is 4.90 Å². The predicted molar refractivity (Wildman–Crippen MR) is 95.2 cm³/mol. The van der Waals surface area contributed by atoms with Gasteiger partial charge < -0.3 is 9.80 Å². The molecule has 0 radical (unpaired) electrons. The highest BCUT2D eigenvalue weighted by atomic mass is 16.6. The third-order valence-electron chi connectivity index (χ3n) is 4.09. The number of hydrogen-bond donors (Lipinski definition) is 0. The van der Waals surface area contributed by atoms with E-state index in [4.69, 9.17) is 0 Å². The van der Waals surface area contributed by atoms with Gasteiger partial charge in [-0.2, -0.15) is 0 Å². The SMILES string of the molecule is O=C(C=Cc1ccc([N+](=O)[O-])cc1)N1CCN(c2ccccn2)CC1. The molecular weight excluding hydrogens is 320 g/mol. The monoisotopic (exact) mass is 338 g/mol. The van der Waals surface area contributed by atoms with E-state index in [9.17, 15) is 14.9 Å². The van der Waals surface area contributed by atoms with Crippen molar-refractivity contribution in [2.75, 3.05) is 31.1 Å². The summed E-state index contributed by atoms with van der Waals surface area (Å²) >= 11 is 0. The fourth-order valence-electron chi connectivity index (χ4n) is 2.68. The Kier molecular flexibility index (Phi) is 5.03. The lowest BCUT2D eigenvalue weighted by molar-refractivity contribution is -0.384. The van der Waals surface area contributed by atoms with Crippen molar-refractivity contribution in [1.29, 1.82) is 0 Å². The van der Waals surface area contributed by atoms with Gasteiger partial charge in [0, 0.05) is 50.6 Å². The van der Waals surface area contributed by atoms with E-state index in [1.807, 2.05) is 18.2 Å². The number of carbonyl (C=O) groups is 1. The summed E-state index contributed by atoms with van der Waals surface area (Å²) in [6.07, 6.45) is 4.95. The van der Waals surface area contributed by atoms with Crippen LogP contribution in [-0.2, 0) is 4.79 Å². The average Bonchev–Trinajstić information content (AvgIpc) is 2.67. The number of benzene rings is 1. The maximum Gasteiger partial charge on any atom is 0.269 e. The Morgan fingerprint density at radius 1 is 1.08 bits per heavy atom. The van der Waals surface area contributed by atoms with Crippen molar-refractivity contribution in [1.82, 2.24) is 9.88 Å². The zero-order valence-electron chi connectivity index (χ0n) is 13.6. The molecule has 0 atom stereocenters. The topological polar surface area (TPSA) is 79.6 Å². The third kappa shape index (κ3) is 4.20. The molecule has 0 unspecified atom stereocenters. The van der Waals surface area contributed by atoms with Gasteiger partial charge >= 0.3 is 0 Å². The summed E-state index contributed by atoms with van der Waals surface area (Å²) in [6, 6.07) is 11.9. The number of nitrogens with zero attached hydrogens (tertiary/aromatic N) is 4. The fourth-order valence-corrected chi connectivity index (χ4v) is 2.68. The number of anilines is 1. The smallest absolute Gasteiger partial charge is 0.269 e. The molecule has 0 saturated carbocycles. The van der Waals surface area contributed by atoms with Crippen molar-refractivity contribution < 1.29 is 9.72 Å². The van der Waals surface area contributed by atoms with Gasteiger partial charge in [0.25, 0.3) is 5.69 Å². The van der Waals surface area contributed by atoms with Crippen LogP contribution >= 0.6 is 0 Å². The number of piperazine rings is 1. The van der Waals surface area contributed by atoms with E-state index in [0.717, 1.165) is 24.5 Å². The number of non-ortho nitro benzene ring substituents is 1. The highest BCUT2D eigenvalue weighted by Crippen LogP contribution is 2.14. The molecule has 3 rings (SSSR count). The number of pyridine rings is 1. The van der Waals surface area contributed by atoms with Crippen LogP contribution in [0.25, 0.3) is 6.08 Å². The fraction of sp³-hybridized carbons (Fsp3) is 0.222. The average molecular weight is 338 g/mol. The van der Waals surface area contributed by atoms with E-state index < -0.39 is 4.92 Å². The first-order chi connectivity index (χ1) is 12.1. The van der Waals surface area contributed by atoms with Crippen LogP contribution in [0.4, 0.5) is 11.5 Å². The molecule has 25 heavy (non-hydrogen) atoms. The molecule has 0 aliphatic carbocycles. The lowest BCUT2D eigenvalue weighted by atomic mass is 10.2. The van der Waals surface area contributed by atoms with Gasteiger partial charge in [-0.05, 0) is 35.9 Å². The van der Waals surface area contributed by atoms with Gasteiger partial charge in [-0.1, -0.05) is 6.07 Å². The Labute approximate surface area is 145 Å². The van der Waals surface area contributed by atoms with Crippen LogP contribution in [0, 0.1) is 10.1 Å². The summed E-state index contributed by atoms with van der Waals surface area (Å²) in [5, 5.41) is 10.6. The molecule has 2 heterocycles. The van der Waals surface area contributed by atoms with Gasteiger partial charge in [0.05, 0.1) is 4.92 Å². The number of aromatic nitrogens is 1. The van der Waals surface area contributed by atoms with Gasteiger partial charge in [0.15, 0.2) is 0 Å². The third-order valence-corrected chi connectivity index (χ3v) is 4.09. The Hall–Kier alpha value is -3.22. The van der Waals surface area contributed by atoms with E-state index >= 15 is 0 Å². The molecule has 7 nitrogen and oxygen atoms in total. The lowest BCUT2D eigenvalue weighted by Crippen LogP contribution is -2.48. The van der Waals surface area contributed by atoms with Crippen molar-refractivity contribution >= 4 is 23.5 Å². The number of nitro benzene ring substituents is 1. The molecule has 1 saturated heterocycles. The van der Waals surface area contributed by atoms with Crippen LogP contribution in [0.15, 0.2) is 54.7 Å². The summed E-state index contributed by atoms with van der Waals surface area (Å²) in [6.45, 7) is 2.77. The Bertz CT molecular complexity index is 767. The van der Waals surface area contributed by atoms with Crippen molar-refractivity contribution in [2.45, 2.75) is 0 Å². The Morgan fingerprint density at radius 3 is 2.40 bits per heavy atom. The molecule has 7 heteroatoms. The molecule has 128 valence electrons. The molecule has 1 aromatic carbocycles. The first-order valence-electron chi connectivity index (χ1n) is 8.01. The zero-order chi connectivity index (χ0) is 17.6. The minimum atomic E-state index is -0.445. The molecule has 1 aliphatic rings. The first kappa shape index (κ1) is 16.6. The van der Waals surface area contributed by atoms with Gasteiger partial charge in [-0.15, -0.1) is 0 Å². The van der Waals surface area contributed by atoms with Gasteiger partial charge in [0.1, 0.15) is 5.82 Å². The molecule has 1 aliphatic heterocycles. The molecule has 0 bridgehead atoms. The molecular formula is C18H18N4O3. The molecule has 0 spiro atoms.